The molecule has 3 aromatic rings. The van der Waals surface area contributed by atoms with Crippen LogP contribution in [0.4, 0.5) is 0 Å². The Labute approximate surface area is 227 Å². The maximum absolute atomic E-state index is 12.3. The Morgan fingerprint density at radius 3 is 2.69 bits per heavy atom. The second kappa shape index (κ2) is 12.5. The molecule has 1 aromatic heterocycles. The van der Waals surface area contributed by atoms with Crippen molar-refractivity contribution in [2.24, 2.45) is 5.41 Å². The molecule has 0 amide bonds. The Kier molecular flexibility index (Phi) is 9.40. The molecule has 1 N–H and O–H groups in total. The first kappa shape index (κ1) is 27.1. The van der Waals surface area contributed by atoms with Gasteiger partial charge in [-0.15, -0.1) is 11.8 Å². The summed E-state index contributed by atoms with van der Waals surface area (Å²) in [5, 5.41) is 12.5. The lowest BCUT2D eigenvalue weighted by Gasteiger charge is -2.39. The zero-order chi connectivity index (χ0) is 25.5. The van der Waals surface area contributed by atoms with Gasteiger partial charge < -0.3 is 14.7 Å². The monoisotopic (exact) mass is 546 g/mol. The van der Waals surface area contributed by atoms with Crippen LogP contribution in [0.15, 0.2) is 53.6 Å². The summed E-state index contributed by atoms with van der Waals surface area (Å²) in [7, 11) is 1.64. The third kappa shape index (κ3) is 6.65. The normalized spacial score (nSPS) is 15.8. The zero-order valence-electron chi connectivity index (χ0n) is 20.5. The third-order valence-corrected chi connectivity index (χ3v) is 8.81. The van der Waals surface area contributed by atoms with Crippen LogP contribution in [-0.4, -0.2) is 53.5 Å². The molecule has 1 aliphatic rings. The van der Waals surface area contributed by atoms with Gasteiger partial charge in [0, 0.05) is 21.5 Å². The van der Waals surface area contributed by atoms with Crippen molar-refractivity contribution in [3.8, 4) is 5.75 Å². The van der Waals surface area contributed by atoms with Gasteiger partial charge in [-0.3, -0.25) is 9.78 Å². The Balaban J connectivity index is 1.29. The minimum Gasteiger partial charge on any atom is -0.497 e. The minimum atomic E-state index is -0.675. The fourth-order valence-electron chi connectivity index (χ4n) is 5.00. The van der Waals surface area contributed by atoms with Crippen LogP contribution >= 0.6 is 35.0 Å². The fourth-order valence-corrected chi connectivity index (χ4v) is 6.39. The van der Waals surface area contributed by atoms with Crippen molar-refractivity contribution in [2.75, 3.05) is 32.5 Å². The van der Waals surface area contributed by atoms with Gasteiger partial charge in [0.25, 0.3) is 0 Å². The second-order valence-corrected chi connectivity index (χ2v) is 11.4. The van der Waals surface area contributed by atoms with E-state index in [-0.39, 0.29) is 0 Å². The number of halogens is 2. The highest BCUT2D eigenvalue weighted by Gasteiger charge is 2.40. The van der Waals surface area contributed by atoms with E-state index in [9.17, 15) is 9.90 Å². The number of aryl methyl sites for hydroxylation is 1. The van der Waals surface area contributed by atoms with Crippen molar-refractivity contribution in [1.29, 1.82) is 0 Å². The molecular formula is C28H32Cl2N2O3S. The molecule has 2 heterocycles. The van der Waals surface area contributed by atoms with Crippen molar-refractivity contribution < 1.29 is 14.6 Å². The number of aromatic nitrogens is 1. The molecule has 36 heavy (non-hydrogen) atoms. The Morgan fingerprint density at radius 2 is 1.97 bits per heavy atom. The van der Waals surface area contributed by atoms with Gasteiger partial charge in [0.1, 0.15) is 5.75 Å². The number of aliphatic carboxylic acids is 1. The molecule has 2 aromatic carbocycles. The highest BCUT2D eigenvalue weighted by Crippen LogP contribution is 2.38. The lowest BCUT2D eigenvalue weighted by atomic mass is 9.74. The van der Waals surface area contributed by atoms with Crippen LogP contribution in [0.5, 0.6) is 5.75 Å². The number of hydrogen-bond acceptors (Lipinski definition) is 5. The van der Waals surface area contributed by atoms with E-state index in [1.807, 2.05) is 48.2 Å². The molecule has 1 aliphatic heterocycles. The number of nitrogens with zero attached hydrogens (tertiary/aromatic N) is 2. The van der Waals surface area contributed by atoms with Gasteiger partial charge in [-0.1, -0.05) is 29.3 Å². The van der Waals surface area contributed by atoms with Crippen molar-refractivity contribution in [3.05, 3.63) is 64.3 Å². The molecule has 0 radical (unpaired) electrons. The summed E-state index contributed by atoms with van der Waals surface area (Å²) in [6.45, 7) is 2.64. The number of ether oxygens (including phenoxy) is 1. The molecule has 0 unspecified atom stereocenters. The number of hydrogen-bond donors (Lipinski definition) is 1. The van der Waals surface area contributed by atoms with Crippen LogP contribution in [0.1, 0.15) is 37.7 Å². The van der Waals surface area contributed by atoms with Crippen molar-refractivity contribution in [2.45, 2.75) is 43.4 Å². The summed E-state index contributed by atoms with van der Waals surface area (Å²) in [5.74, 6) is 1.10. The highest BCUT2D eigenvalue weighted by molar-refractivity contribution is 7.99. The van der Waals surface area contributed by atoms with Crippen molar-refractivity contribution >= 4 is 51.8 Å². The van der Waals surface area contributed by atoms with Gasteiger partial charge in [-0.05, 0) is 106 Å². The molecule has 0 saturated carbocycles. The lowest BCUT2D eigenvalue weighted by molar-refractivity contribution is -0.152. The second-order valence-electron chi connectivity index (χ2n) is 9.41. The lowest BCUT2D eigenvalue weighted by Crippen LogP contribution is -2.44. The quantitative estimate of drug-likeness (QED) is 0.202. The molecule has 8 heteroatoms. The molecule has 0 atom stereocenters. The average Bonchev–Trinajstić information content (AvgIpc) is 2.88. The van der Waals surface area contributed by atoms with E-state index < -0.39 is 11.4 Å². The van der Waals surface area contributed by atoms with E-state index in [0.29, 0.717) is 30.7 Å². The SMILES string of the molecule is COc1ccc2ncc(Cl)c(CCCC3(C(=O)O)CCN(CCCSc4cccc(Cl)c4)CC3)c2c1. The molecule has 4 rings (SSSR count). The average molecular weight is 548 g/mol. The van der Waals surface area contributed by atoms with Crippen LogP contribution in [-0.2, 0) is 11.2 Å². The number of pyridine rings is 1. The molecule has 0 spiro atoms. The number of carbonyl (C=O) groups is 1. The number of carboxylic acids is 1. The van der Waals surface area contributed by atoms with Crippen molar-refractivity contribution in [3.63, 3.8) is 0 Å². The molecule has 0 aliphatic carbocycles. The number of likely N-dealkylation sites (tertiary alicyclic amines) is 1. The van der Waals surface area contributed by atoms with E-state index in [1.54, 1.807) is 13.3 Å². The number of benzene rings is 2. The Morgan fingerprint density at radius 1 is 1.17 bits per heavy atom. The first-order valence-electron chi connectivity index (χ1n) is 12.4. The van der Waals surface area contributed by atoms with Gasteiger partial charge in [0.2, 0.25) is 0 Å². The smallest absolute Gasteiger partial charge is 0.309 e. The van der Waals surface area contributed by atoms with Gasteiger partial charge in [-0.25, -0.2) is 0 Å². The van der Waals surface area contributed by atoms with E-state index >= 15 is 0 Å². The molecule has 5 nitrogen and oxygen atoms in total. The van der Waals surface area contributed by atoms with Crippen LogP contribution < -0.4 is 4.74 Å². The minimum absolute atomic E-state index is 0.616. The number of carboxylic acid groups (broad SMARTS) is 1. The van der Waals surface area contributed by atoms with Gasteiger partial charge in [0.15, 0.2) is 0 Å². The maximum atomic E-state index is 12.3. The molecule has 1 saturated heterocycles. The van der Waals surface area contributed by atoms with Crippen LogP contribution in [0.25, 0.3) is 10.9 Å². The number of piperidine rings is 1. The van der Waals surface area contributed by atoms with E-state index in [4.69, 9.17) is 27.9 Å². The maximum Gasteiger partial charge on any atom is 0.309 e. The molecule has 192 valence electrons. The number of fused-ring (bicyclic) bond motifs is 1. The Hall–Kier alpha value is -1.99. The van der Waals surface area contributed by atoms with E-state index in [0.717, 1.165) is 65.5 Å². The molecular weight excluding hydrogens is 515 g/mol. The van der Waals surface area contributed by atoms with Crippen LogP contribution in [0.2, 0.25) is 10.0 Å². The molecule has 1 fully saturated rings. The summed E-state index contributed by atoms with van der Waals surface area (Å²) in [6, 6.07) is 13.7. The summed E-state index contributed by atoms with van der Waals surface area (Å²) >= 11 is 14.4. The number of methoxy groups -OCH3 is 1. The van der Waals surface area contributed by atoms with Crippen LogP contribution in [0, 0.1) is 5.41 Å². The first-order chi connectivity index (χ1) is 17.4. The standard InChI is InChI=1S/C28H32Cl2N2O3S/c1-35-21-8-9-26-24(18-21)23(25(30)19-31-26)7-3-10-28(27(33)34)11-14-32(15-12-28)13-4-16-36-22-6-2-5-20(29)17-22/h2,5-6,8-9,17-19H,3-4,7,10-16H2,1H3,(H,33,34). The van der Waals surface area contributed by atoms with Crippen LogP contribution in [0.3, 0.4) is 0 Å². The summed E-state index contributed by atoms with van der Waals surface area (Å²) in [4.78, 5) is 20.4. The predicted molar refractivity (Wildman–Crippen MR) is 149 cm³/mol. The highest BCUT2D eigenvalue weighted by atomic mass is 35.5. The first-order valence-corrected chi connectivity index (χ1v) is 14.1. The fraction of sp³-hybridized carbons (Fsp3) is 0.429. The Bertz CT molecular complexity index is 1200. The van der Waals surface area contributed by atoms with Gasteiger partial charge in [-0.2, -0.15) is 0 Å². The largest absolute Gasteiger partial charge is 0.497 e. The zero-order valence-corrected chi connectivity index (χ0v) is 22.8. The van der Waals surface area contributed by atoms with E-state index in [1.165, 1.54) is 4.90 Å². The van der Waals surface area contributed by atoms with Gasteiger partial charge >= 0.3 is 5.97 Å². The molecule has 0 bridgehead atoms. The number of thioether (sulfide) groups is 1. The topological polar surface area (TPSA) is 62.7 Å². The number of rotatable bonds is 11. The van der Waals surface area contributed by atoms with E-state index in [2.05, 4.69) is 16.0 Å². The summed E-state index contributed by atoms with van der Waals surface area (Å²) in [6.07, 6.45) is 6.23. The predicted octanol–water partition coefficient (Wildman–Crippen LogP) is 7.22. The van der Waals surface area contributed by atoms with Crippen molar-refractivity contribution in [1.82, 2.24) is 9.88 Å². The third-order valence-electron chi connectivity index (χ3n) is 7.17. The van der Waals surface area contributed by atoms with Gasteiger partial charge in [0.05, 0.1) is 23.1 Å². The summed E-state index contributed by atoms with van der Waals surface area (Å²) in [5.41, 5.74) is 1.21. The summed E-state index contributed by atoms with van der Waals surface area (Å²) < 4.78 is 5.38.